The molecule has 4 N–H and O–H groups in total. The normalized spacial score (nSPS) is 10.4. The van der Waals surface area contributed by atoms with Gasteiger partial charge in [0.05, 0.1) is 6.07 Å². The van der Waals surface area contributed by atoms with Crippen LogP contribution >= 0.6 is 0 Å². The lowest BCUT2D eigenvalue weighted by Crippen LogP contribution is -2.40. The Morgan fingerprint density at radius 3 is 2.55 bits per heavy atom. The molecule has 0 aromatic carbocycles. The first-order valence-corrected chi connectivity index (χ1v) is 6.07. The van der Waals surface area contributed by atoms with Crippen molar-refractivity contribution < 1.29 is 4.79 Å². The number of nitrogens with two attached hydrogens (primary N) is 1. The quantitative estimate of drug-likeness (QED) is 0.604. The molecule has 22 heavy (non-hydrogen) atoms. The summed E-state index contributed by atoms with van der Waals surface area (Å²) in [5.74, 6) is -0.951. The van der Waals surface area contributed by atoms with Crippen molar-refractivity contribution in [1.29, 1.82) is 5.26 Å². The number of aromatic nitrogens is 3. The van der Waals surface area contributed by atoms with Gasteiger partial charge in [-0.2, -0.15) is 5.26 Å². The molecule has 0 fully saturated rings. The van der Waals surface area contributed by atoms with Gasteiger partial charge < -0.3 is 16.0 Å². The lowest BCUT2D eigenvalue weighted by Gasteiger charge is -2.11. The molecular weight excluding hydrogens is 292 g/mol. The molecule has 2 aromatic rings. The van der Waals surface area contributed by atoms with E-state index in [1.807, 2.05) is 0 Å². The second-order valence-corrected chi connectivity index (χ2v) is 4.56. The molecule has 0 bridgehead atoms. The molecule has 114 valence electrons. The zero-order chi connectivity index (χ0) is 16.6. The molecule has 1 amide bonds. The fraction of sp³-hybridized carbons (Fsp3) is 0.250. The van der Waals surface area contributed by atoms with E-state index in [0.717, 1.165) is 9.13 Å². The number of nitrogens with zero attached hydrogens (tertiary/aromatic N) is 3. The van der Waals surface area contributed by atoms with E-state index < -0.39 is 29.0 Å². The lowest BCUT2D eigenvalue weighted by atomic mass is 10.2. The summed E-state index contributed by atoms with van der Waals surface area (Å²) in [6.07, 6.45) is -0.470. The molecule has 0 aliphatic carbocycles. The van der Waals surface area contributed by atoms with E-state index in [0.29, 0.717) is 0 Å². The van der Waals surface area contributed by atoms with E-state index in [2.05, 4.69) is 10.3 Å². The number of rotatable bonds is 2. The van der Waals surface area contributed by atoms with Gasteiger partial charge in [0.25, 0.3) is 5.56 Å². The van der Waals surface area contributed by atoms with E-state index in [-0.39, 0.29) is 22.5 Å². The van der Waals surface area contributed by atoms with Gasteiger partial charge >= 0.3 is 5.69 Å². The summed E-state index contributed by atoms with van der Waals surface area (Å²) in [6, 6.07) is 1.62. The summed E-state index contributed by atoms with van der Waals surface area (Å²) < 4.78 is 1.84. The SMILES string of the molecule is Cn1c(=O)c2c(=O)c(NC(=O)CC#N)c(N)[nH]c2n(C)c1=O. The number of carbonyl (C=O) groups excluding carboxylic acids is 1. The van der Waals surface area contributed by atoms with Crippen LogP contribution in [0.3, 0.4) is 0 Å². The van der Waals surface area contributed by atoms with Crippen molar-refractivity contribution in [2.75, 3.05) is 11.1 Å². The fourth-order valence-electron chi connectivity index (χ4n) is 2.01. The first-order valence-electron chi connectivity index (χ1n) is 6.07. The van der Waals surface area contributed by atoms with Gasteiger partial charge in [-0.15, -0.1) is 0 Å². The number of fused-ring (bicyclic) bond motifs is 1. The summed E-state index contributed by atoms with van der Waals surface area (Å²) in [4.78, 5) is 50.4. The monoisotopic (exact) mass is 304 g/mol. The van der Waals surface area contributed by atoms with Gasteiger partial charge in [-0.25, -0.2) is 4.79 Å². The van der Waals surface area contributed by atoms with Crippen LogP contribution in [-0.2, 0) is 18.9 Å². The van der Waals surface area contributed by atoms with Gasteiger partial charge in [-0.1, -0.05) is 0 Å². The summed E-state index contributed by atoms with van der Waals surface area (Å²) in [5.41, 5.74) is 3.02. The highest BCUT2D eigenvalue weighted by Gasteiger charge is 2.18. The largest absolute Gasteiger partial charge is 0.383 e. The maximum absolute atomic E-state index is 12.4. The number of pyridine rings is 1. The van der Waals surface area contributed by atoms with Gasteiger partial charge in [-0.05, 0) is 0 Å². The number of carbonyl (C=O) groups is 1. The Hall–Kier alpha value is -3.35. The van der Waals surface area contributed by atoms with E-state index in [1.165, 1.54) is 14.1 Å². The Morgan fingerprint density at radius 2 is 1.95 bits per heavy atom. The third-order valence-electron chi connectivity index (χ3n) is 3.15. The minimum atomic E-state index is -0.825. The summed E-state index contributed by atoms with van der Waals surface area (Å²) in [7, 11) is 2.60. The molecule has 0 atom stereocenters. The average Bonchev–Trinajstić information content (AvgIpc) is 2.47. The Balaban J connectivity index is 2.88. The second-order valence-electron chi connectivity index (χ2n) is 4.56. The van der Waals surface area contributed by atoms with E-state index in [1.54, 1.807) is 6.07 Å². The standard InChI is InChI=1S/C12H12N6O4/c1-17-10-6(11(21)18(2)12(17)22)8(20)7(9(14)16-10)15-5(19)3-4-13/h3H2,1-2H3,(H,15,19)(H3,14,16,20). The number of amides is 1. The predicted molar refractivity (Wildman–Crippen MR) is 78.3 cm³/mol. The molecule has 2 heterocycles. The molecule has 2 aromatic heterocycles. The van der Waals surface area contributed by atoms with Gasteiger partial charge in [0.2, 0.25) is 11.3 Å². The Morgan fingerprint density at radius 1 is 1.32 bits per heavy atom. The molecule has 10 heteroatoms. The second kappa shape index (κ2) is 5.21. The van der Waals surface area contributed by atoms with Crippen molar-refractivity contribution in [2.24, 2.45) is 14.1 Å². The number of nitriles is 1. The average molecular weight is 304 g/mol. The van der Waals surface area contributed by atoms with Gasteiger partial charge in [-0.3, -0.25) is 23.5 Å². The minimum absolute atomic E-state index is 0.0473. The first-order chi connectivity index (χ1) is 10.3. The number of nitrogens with one attached hydrogen (secondary N) is 2. The zero-order valence-electron chi connectivity index (χ0n) is 11.8. The van der Waals surface area contributed by atoms with Crippen LogP contribution in [0.15, 0.2) is 14.4 Å². The van der Waals surface area contributed by atoms with E-state index in [4.69, 9.17) is 11.0 Å². The Kier molecular flexibility index (Phi) is 3.56. The molecule has 0 aliphatic rings. The van der Waals surface area contributed by atoms with Crippen molar-refractivity contribution in [3.63, 3.8) is 0 Å². The number of aromatic amines is 1. The fourth-order valence-corrected chi connectivity index (χ4v) is 2.01. The maximum atomic E-state index is 12.4. The smallest absolute Gasteiger partial charge is 0.332 e. The van der Waals surface area contributed by atoms with Gasteiger partial charge in [0, 0.05) is 14.1 Å². The Labute approximate surface area is 122 Å². The molecule has 0 radical (unpaired) electrons. The van der Waals surface area contributed by atoms with Gasteiger partial charge in [0.1, 0.15) is 29.0 Å². The van der Waals surface area contributed by atoms with Crippen molar-refractivity contribution >= 4 is 28.4 Å². The van der Waals surface area contributed by atoms with Crippen LogP contribution in [0.2, 0.25) is 0 Å². The Bertz CT molecular complexity index is 1000. The highest BCUT2D eigenvalue weighted by atomic mass is 16.2. The number of H-pyrrole nitrogens is 1. The highest BCUT2D eigenvalue weighted by molar-refractivity contribution is 5.96. The molecule has 10 nitrogen and oxygen atoms in total. The summed E-state index contributed by atoms with van der Waals surface area (Å²) in [5, 5.41) is 10.3. The maximum Gasteiger partial charge on any atom is 0.332 e. The van der Waals surface area contributed by atoms with Crippen LogP contribution < -0.4 is 27.7 Å². The number of anilines is 2. The van der Waals surface area contributed by atoms with Crippen LogP contribution in [0.5, 0.6) is 0 Å². The third kappa shape index (κ3) is 2.14. The summed E-state index contributed by atoms with van der Waals surface area (Å²) in [6.45, 7) is 0. The van der Waals surface area contributed by atoms with Crippen molar-refractivity contribution in [3.8, 4) is 6.07 Å². The van der Waals surface area contributed by atoms with Crippen molar-refractivity contribution in [3.05, 3.63) is 31.1 Å². The topological polar surface area (TPSA) is 156 Å². The zero-order valence-corrected chi connectivity index (χ0v) is 11.8. The van der Waals surface area contributed by atoms with Crippen LogP contribution in [0.1, 0.15) is 6.42 Å². The number of hydrogen-bond donors (Lipinski definition) is 3. The molecule has 2 rings (SSSR count). The molecular formula is C12H12N6O4. The highest BCUT2D eigenvalue weighted by Crippen LogP contribution is 2.13. The van der Waals surface area contributed by atoms with Crippen LogP contribution in [0, 0.1) is 11.3 Å². The summed E-state index contributed by atoms with van der Waals surface area (Å²) >= 11 is 0. The van der Waals surface area contributed by atoms with Crippen molar-refractivity contribution in [2.45, 2.75) is 6.42 Å². The number of nitrogen functional groups attached to an aromatic ring is 1. The first kappa shape index (κ1) is 15.0. The molecule has 0 spiro atoms. The predicted octanol–water partition coefficient (Wildman–Crippen LogP) is -1.64. The third-order valence-corrected chi connectivity index (χ3v) is 3.15. The van der Waals surface area contributed by atoms with E-state index >= 15 is 0 Å². The number of hydrogen-bond acceptors (Lipinski definition) is 6. The van der Waals surface area contributed by atoms with Crippen molar-refractivity contribution in [1.82, 2.24) is 14.1 Å². The van der Waals surface area contributed by atoms with E-state index in [9.17, 15) is 19.2 Å². The van der Waals surface area contributed by atoms with Crippen LogP contribution in [0.4, 0.5) is 11.5 Å². The van der Waals surface area contributed by atoms with Crippen LogP contribution in [0.25, 0.3) is 11.0 Å². The minimum Gasteiger partial charge on any atom is -0.383 e. The molecule has 0 saturated heterocycles. The molecule has 0 saturated carbocycles. The van der Waals surface area contributed by atoms with Gasteiger partial charge in [0.15, 0.2) is 0 Å². The molecule has 0 aliphatic heterocycles. The number of aryl methyl sites for hydroxylation is 1. The van der Waals surface area contributed by atoms with Crippen LogP contribution in [-0.4, -0.2) is 20.0 Å². The molecule has 0 unspecified atom stereocenters. The lowest BCUT2D eigenvalue weighted by molar-refractivity contribution is -0.115.